The van der Waals surface area contributed by atoms with E-state index in [4.69, 9.17) is 4.74 Å². The molecule has 28 heavy (non-hydrogen) atoms. The zero-order chi connectivity index (χ0) is 20.9. The van der Waals surface area contributed by atoms with E-state index in [-0.39, 0.29) is 17.0 Å². The fourth-order valence-corrected chi connectivity index (χ4v) is 3.05. The summed E-state index contributed by atoms with van der Waals surface area (Å²) in [5, 5.41) is 0. The Morgan fingerprint density at radius 2 is 1.82 bits per heavy atom. The van der Waals surface area contributed by atoms with Gasteiger partial charge in [0.05, 0.1) is 5.69 Å². The Hall–Kier alpha value is -2.83. The van der Waals surface area contributed by atoms with Gasteiger partial charge in [-0.2, -0.15) is 0 Å². The highest BCUT2D eigenvalue weighted by Gasteiger charge is 2.41. The fourth-order valence-electron chi connectivity index (χ4n) is 3.05. The molecule has 0 radical (unpaired) electrons. The molecule has 1 aliphatic rings. The highest BCUT2D eigenvalue weighted by atomic mass is 19.3. The first kappa shape index (κ1) is 19.9. The van der Waals surface area contributed by atoms with Crippen molar-refractivity contribution in [2.45, 2.75) is 52.2 Å². The van der Waals surface area contributed by atoms with E-state index in [1.54, 1.807) is 39.8 Å². The van der Waals surface area contributed by atoms with Crippen molar-refractivity contribution in [3.8, 4) is 11.1 Å². The fraction of sp³-hybridized carbons (Fsp3) is 0.381. The van der Waals surface area contributed by atoms with Gasteiger partial charge in [-0.15, -0.1) is 0 Å². The molecule has 0 saturated heterocycles. The van der Waals surface area contributed by atoms with E-state index >= 15 is 0 Å². The molecule has 2 aromatic rings. The SMILES string of the molecule is CC1C(=O)c2ncc(-c3cccc(C(C)(F)F)c3)cc2N1C(=O)OC(C)(C)C. The summed E-state index contributed by atoms with van der Waals surface area (Å²) in [5.74, 6) is -3.27. The van der Waals surface area contributed by atoms with Crippen LogP contribution in [0.15, 0.2) is 36.5 Å². The number of ketones is 1. The summed E-state index contributed by atoms with van der Waals surface area (Å²) < 4.78 is 32.8. The third-order valence-corrected chi connectivity index (χ3v) is 4.42. The van der Waals surface area contributed by atoms with Crippen LogP contribution in [0.3, 0.4) is 0 Å². The van der Waals surface area contributed by atoms with E-state index in [0.29, 0.717) is 16.8 Å². The van der Waals surface area contributed by atoms with Crippen molar-refractivity contribution in [1.29, 1.82) is 0 Å². The average molecular weight is 388 g/mol. The molecule has 1 amide bonds. The third-order valence-electron chi connectivity index (χ3n) is 4.42. The van der Waals surface area contributed by atoms with Crippen LogP contribution >= 0.6 is 0 Å². The molecule has 1 aromatic heterocycles. The minimum Gasteiger partial charge on any atom is -0.443 e. The van der Waals surface area contributed by atoms with E-state index in [1.807, 2.05) is 0 Å². The van der Waals surface area contributed by atoms with Crippen molar-refractivity contribution in [3.63, 3.8) is 0 Å². The first-order chi connectivity index (χ1) is 12.9. The van der Waals surface area contributed by atoms with Gasteiger partial charge in [-0.1, -0.05) is 18.2 Å². The molecule has 3 rings (SSSR count). The Balaban J connectivity index is 2.05. The number of anilines is 1. The van der Waals surface area contributed by atoms with Crippen LogP contribution in [0, 0.1) is 0 Å². The summed E-state index contributed by atoms with van der Waals surface area (Å²) in [7, 11) is 0. The summed E-state index contributed by atoms with van der Waals surface area (Å²) in [6.45, 7) is 7.64. The lowest BCUT2D eigenvalue weighted by atomic mass is 10.0. The van der Waals surface area contributed by atoms with Gasteiger partial charge in [0.2, 0.25) is 5.78 Å². The van der Waals surface area contributed by atoms with E-state index in [1.165, 1.54) is 29.3 Å². The number of halogens is 2. The second-order valence-corrected chi connectivity index (χ2v) is 7.95. The zero-order valence-electron chi connectivity index (χ0n) is 16.4. The standard InChI is InChI=1S/C21H22F2N2O3/c1-12-18(26)17-16(25(12)19(27)28-20(2,3)4)10-14(11-24-17)13-7-6-8-15(9-13)21(5,22)23/h6-12H,1-5H3. The van der Waals surface area contributed by atoms with Gasteiger partial charge < -0.3 is 4.74 Å². The maximum Gasteiger partial charge on any atom is 0.415 e. The number of alkyl halides is 2. The number of nitrogens with zero attached hydrogens (tertiary/aromatic N) is 2. The highest BCUT2D eigenvalue weighted by Crippen LogP contribution is 2.36. The van der Waals surface area contributed by atoms with Crippen LogP contribution < -0.4 is 4.90 Å². The molecule has 2 heterocycles. The first-order valence-electron chi connectivity index (χ1n) is 8.94. The number of hydrogen-bond donors (Lipinski definition) is 0. The molecule has 1 atom stereocenters. The van der Waals surface area contributed by atoms with Gasteiger partial charge in [-0.25, -0.2) is 13.6 Å². The largest absolute Gasteiger partial charge is 0.443 e. The number of amides is 1. The van der Waals surface area contributed by atoms with E-state index in [9.17, 15) is 18.4 Å². The number of carbonyl (C=O) groups excluding carboxylic acids is 2. The summed E-state index contributed by atoms with van der Waals surface area (Å²) in [4.78, 5) is 30.6. The third kappa shape index (κ3) is 3.74. The van der Waals surface area contributed by atoms with Crippen LogP contribution in [0.5, 0.6) is 0 Å². The summed E-state index contributed by atoms with van der Waals surface area (Å²) in [5.41, 5.74) is 0.677. The van der Waals surface area contributed by atoms with Gasteiger partial charge in [0.25, 0.3) is 5.92 Å². The normalized spacial score (nSPS) is 16.9. The van der Waals surface area contributed by atoms with Crippen molar-refractivity contribution >= 4 is 17.6 Å². The number of pyridine rings is 1. The second-order valence-electron chi connectivity index (χ2n) is 7.95. The minimum atomic E-state index is -2.98. The molecule has 0 bridgehead atoms. The Bertz CT molecular complexity index is 945. The zero-order valence-corrected chi connectivity index (χ0v) is 16.4. The molecule has 0 spiro atoms. The van der Waals surface area contributed by atoms with Crippen LogP contribution in [-0.2, 0) is 10.7 Å². The molecular formula is C21H22F2N2O3. The van der Waals surface area contributed by atoms with E-state index < -0.39 is 23.7 Å². The van der Waals surface area contributed by atoms with Gasteiger partial charge in [0.15, 0.2) is 0 Å². The minimum absolute atomic E-state index is 0.126. The molecule has 0 N–H and O–H groups in total. The topological polar surface area (TPSA) is 59.5 Å². The smallest absolute Gasteiger partial charge is 0.415 e. The Labute approximate surface area is 162 Å². The number of hydrogen-bond acceptors (Lipinski definition) is 4. The molecule has 1 aromatic carbocycles. The number of aromatic nitrogens is 1. The lowest BCUT2D eigenvalue weighted by Crippen LogP contribution is -2.41. The molecule has 148 valence electrons. The molecule has 5 nitrogen and oxygen atoms in total. The Morgan fingerprint density at radius 1 is 1.14 bits per heavy atom. The number of fused-ring (bicyclic) bond motifs is 1. The van der Waals surface area contributed by atoms with Crippen molar-refractivity contribution in [2.75, 3.05) is 4.90 Å². The van der Waals surface area contributed by atoms with Crippen LogP contribution in [0.25, 0.3) is 11.1 Å². The van der Waals surface area contributed by atoms with Gasteiger partial charge >= 0.3 is 6.09 Å². The highest BCUT2D eigenvalue weighted by molar-refractivity contribution is 6.15. The number of benzene rings is 1. The van der Waals surface area contributed by atoms with E-state index in [2.05, 4.69) is 4.98 Å². The van der Waals surface area contributed by atoms with Crippen LogP contribution in [0.4, 0.5) is 19.3 Å². The van der Waals surface area contributed by atoms with Crippen molar-refractivity contribution < 1.29 is 23.1 Å². The van der Waals surface area contributed by atoms with Gasteiger partial charge in [-0.3, -0.25) is 14.7 Å². The summed E-state index contributed by atoms with van der Waals surface area (Å²) >= 11 is 0. The predicted octanol–water partition coefficient (Wildman–Crippen LogP) is 5.19. The lowest BCUT2D eigenvalue weighted by molar-refractivity contribution is 0.0175. The molecule has 0 fully saturated rings. The lowest BCUT2D eigenvalue weighted by Gasteiger charge is -2.26. The maximum absolute atomic E-state index is 13.7. The van der Waals surface area contributed by atoms with Crippen molar-refractivity contribution in [1.82, 2.24) is 4.98 Å². The molecule has 7 heteroatoms. The number of carbonyl (C=O) groups is 2. The Kier molecular flexibility index (Phi) is 4.73. The van der Waals surface area contributed by atoms with Crippen LogP contribution in [0.2, 0.25) is 0 Å². The quantitative estimate of drug-likeness (QED) is 0.711. The van der Waals surface area contributed by atoms with E-state index in [0.717, 1.165) is 6.92 Å². The predicted molar refractivity (Wildman–Crippen MR) is 102 cm³/mol. The Morgan fingerprint density at radius 3 is 2.43 bits per heavy atom. The molecule has 1 aliphatic heterocycles. The molecule has 0 saturated carbocycles. The summed E-state index contributed by atoms with van der Waals surface area (Å²) in [6.07, 6.45) is 0.800. The maximum atomic E-state index is 13.7. The average Bonchev–Trinajstić information content (AvgIpc) is 2.83. The van der Waals surface area contributed by atoms with Crippen LogP contribution in [0.1, 0.15) is 50.7 Å². The van der Waals surface area contributed by atoms with Gasteiger partial charge in [0.1, 0.15) is 17.3 Å². The van der Waals surface area contributed by atoms with Gasteiger partial charge in [0, 0.05) is 24.2 Å². The molecule has 1 unspecified atom stereocenters. The number of rotatable bonds is 2. The van der Waals surface area contributed by atoms with Crippen LogP contribution in [-0.4, -0.2) is 28.5 Å². The van der Waals surface area contributed by atoms with Crippen molar-refractivity contribution in [2.24, 2.45) is 0 Å². The first-order valence-corrected chi connectivity index (χ1v) is 8.94. The second kappa shape index (κ2) is 6.65. The molecular weight excluding hydrogens is 366 g/mol. The van der Waals surface area contributed by atoms with Gasteiger partial charge in [-0.05, 0) is 45.4 Å². The monoisotopic (exact) mass is 388 g/mol. The molecule has 0 aliphatic carbocycles. The number of Topliss-reactive ketones (excluding diaryl/α,β-unsaturated/α-hetero) is 1. The van der Waals surface area contributed by atoms with Crippen molar-refractivity contribution in [3.05, 3.63) is 47.8 Å². The number of ether oxygens (including phenoxy) is 1. The summed E-state index contributed by atoms with van der Waals surface area (Å²) in [6, 6.07) is 6.80.